The van der Waals surface area contributed by atoms with Crippen LogP contribution in [0.5, 0.6) is 11.5 Å². The summed E-state index contributed by atoms with van der Waals surface area (Å²) in [6.07, 6.45) is 0.298. The molecule has 0 saturated heterocycles. The molecule has 0 aliphatic carbocycles. The predicted molar refractivity (Wildman–Crippen MR) is 75.3 cm³/mol. The summed E-state index contributed by atoms with van der Waals surface area (Å²) in [5, 5.41) is 3.82. The molecule has 114 valence electrons. The van der Waals surface area contributed by atoms with E-state index >= 15 is 0 Å². The first kappa shape index (κ1) is 15.6. The van der Waals surface area contributed by atoms with Gasteiger partial charge in [0.05, 0.1) is 30.8 Å². The number of hydrogen-bond acceptors (Lipinski definition) is 6. The molecule has 0 bridgehead atoms. The van der Waals surface area contributed by atoms with Gasteiger partial charge in [-0.2, -0.15) is 0 Å². The minimum Gasteiger partial charge on any atom is -0.748 e. The third-order valence-corrected chi connectivity index (χ3v) is 4.66. The van der Waals surface area contributed by atoms with Crippen molar-refractivity contribution in [2.24, 2.45) is 0 Å². The van der Waals surface area contributed by atoms with Gasteiger partial charge in [0.2, 0.25) is 0 Å². The Bertz CT molecular complexity index is 552. The highest BCUT2D eigenvalue weighted by Gasteiger charge is 2.28. The van der Waals surface area contributed by atoms with Gasteiger partial charge in [0, 0.05) is 22.9 Å². The first-order valence-electron chi connectivity index (χ1n) is 6.36. The van der Waals surface area contributed by atoms with Gasteiger partial charge in [-0.15, -0.1) is 11.3 Å². The van der Waals surface area contributed by atoms with Crippen molar-refractivity contribution < 1.29 is 26.9 Å². The van der Waals surface area contributed by atoms with E-state index < -0.39 is 10.1 Å². The Hall–Kier alpha value is -0.830. The lowest BCUT2D eigenvalue weighted by atomic mass is 10.2. The molecule has 0 N–H and O–H groups in total. The van der Waals surface area contributed by atoms with Gasteiger partial charge in [0.25, 0.3) is 0 Å². The lowest BCUT2D eigenvalue weighted by molar-refractivity contribution is -0.893. The molecular weight excluding hydrogens is 302 g/mol. The van der Waals surface area contributed by atoms with Crippen LogP contribution in [0.2, 0.25) is 0 Å². The quantitative estimate of drug-likeness (QED) is 0.575. The van der Waals surface area contributed by atoms with Gasteiger partial charge < -0.3 is 18.5 Å². The van der Waals surface area contributed by atoms with Crippen molar-refractivity contribution in [1.29, 1.82) is 0 Å². The van der Waals surface area contributed by atoms with Crippen LogP contribution in [0.4, 0.5) is 0 Å². The van der Waals surface area contributed by atoms with Gasteiger partial charge in [-0.25, -0.2) is 8.42 Å². The second kappa shape index (κ2) is 5.88. The minimum atomic E-state index is -4.13. The second-order valence-corrected chi connectivity index (χ2v) is 7.88. The van der Waals surface area contributed by atoms with Crippen LogP contribution >= 0.6 is 11.3 Å². The summed E-state index contributed by atoms with van der Waals surface area (Å²) in [6, 6.07) is 0. The van der Waals surface area contributed by atoms with E-state index in [0.29, 0.717) is 30.6 Å². The molecule has 1 aliphatic heterocycles. The average Bonchev–Trinajstić information content (AvgIpc) is 2.73. The normalized spacial score (nSPS) is 19.1. The van der Waals surface area contributed by atoms with Crippen molar-refractivity contribution in [2.45, 2.75) is 12.5 Å². The van der Waals surface area contributed by atoms with Crippen molar-refractivity contribution in [2.75, 3.05) is 39.5 Å². The zero-order valence-electron chi connectivity index (χ0n) is 11.6. The summed E-state index contributed by atoms with van der Waals surface area (Å²) < 4.78 is 43.9. The average molecular weight is 321 g/mol. The molecule has 0 fully saturated rings. The van der Waals surface area contributed by atoms with Crippen molar-refractivity contribution >= 4 is 21.5 Å². The molecule has 8 heteroatoms. The summed E-state index contributed by atoms with van der Waals surface area (Å²) >= 11 is 1.54. The molecule has 6 nitrogen and oxygen atoms in total. The van der Waals surface area contributed by atoms with Crippen LogP contribution < -0.4 is 9.47 Å². The summed E-state index contributed by atoms with van der Waals surface area (Å²) in [6.45, 7) is 1.80. The van der Waals surface area contributed by atoms with E-state index in [9.17, 15) is 13.0 Å². The molecular formula is C12H19NO5S2. The number of quaternary nitrogens is 1. The second-order valence-electron chi connectivity index (χ2n) is 5.61. The van der Waals surface area contributed by atoms with Crippen LogP contribution in [0.15, 0.2) is 10.8 Å². The van der Waals surface area contributed by atoms with Crippen molar-refractivity contribution in [1.82, 2.24) is 0 Å². The van der Waals surface area contributed by atoms with Crippen molar-refractivity contribution in [3.8, 4) is 11.5 Å². The van der Waals surface area contributed by atoms with E-state index in [0.717, 1.165) is 11.5 Å². The maximum Gasteiger partial charge on any atom is 0.181 e. The van der Waals surface area contributed by atoms with Gasteiger partial charge in [0.1, 0.15) is 13.2 Å². The fraction of sp³-hybridized carbons (Fsp3) is 0.667. The topological polar surface area (TPSA) is 75.7 Å². The SMILES string of the molecule is C[N+](C)(CCCS(=O)(=O)[O-])CC1COc2cscc2O1. The number of ether oxygens (including phenoxy) is 2. The van der Waals surface area contributed by atoms with Crippen LogP contribution in [-0.2, 0) is 10.1 Å². The fourth-order valence-electron chi connectivity index (χ4n) is 2.26. The molecule has 0 radical (unpaired) electrons. The molecule has 0 amide bonds. The number of rotatable bonds is 6. The Balaban J connectivity index is 1.83. The maximum atomic E-state index is 10.6. The third kappa shape index (κ3) is 4.62. The predicted octanol–water partition coefficient (Wildman–Crippen LogP) is 0.900. The molecule has 2 heterocycles. The lowest BCUT2D eigenvalue weighted by Crippen LogP contribution is -2.50. The number of fused-ring (bicyclic) bond motifs is 1. The Labute approximate surface area is 123 Å². The molecule has 1 atom stereocenters. The Morgan fingerprint density at radius 1 is 1.40 bits per heavy atom. The molecule has 1 aromatic heterocycles. The lowest BCUT2D eigenvalue weighted by Gasteiger charge is -2.35. The molecule has 0 spiro atoms. The number of hydrogen-bond donors (Lipinski definition) is 0. The molecule has 1 aromatic rings. The molecule has 2 rings (SSSR count). The minimum absolute atomic E-state index is 0.0593. The number of thiophene rings is 1. The smallest absolute Gasteiger partial charge is 0.181 e. The van der Waals surface area contributed by atoms with E-state index in [1.165, 1.54) is 11.3 Å². The van der Waals surface area contributed by atoms with E-state index in [2.05, 4.69) is 0 Å². The van der Waals surface area contributed by atoms with Gasteiger partial charge in [0.15, 0.2) is 17.6 Å². The van der Waals surface area contributed by atoms with E-state index in [-0.39, 0.29) is 11.9 Å². The van der Waals surface area contributed by atoms with E-state index in [1.54, 1.807) is 0 Å². The Morgan fingerprint density at radius 2 is 2.10 bits per heavy atom. The molecule has 20 heavy (non-hydrogen) atoms. The monoisotopic (exact) mass is 321 g/mol. The van der Waals surface area contributed by atoms with Crippen LogP contribution in [0.25, 0.3) is 0 Å². The summed E-state index contributed by atoms with van der Waals surface area (Å²) in [4.78, 5) is 0. The highest BCUT2D eigenvalue weighted by molar-refractivity contribution is 7.85. The van der Waals surface area contributed by atoms with Crippen molar-refractivity contribution in [3.05, 3.63) is 10.8 Å². The largest absolute Gasteiger partial charge is 0.748 e. The van der Waals surface area contributed by atoms with Gasteiger partial charge in [-0.3, -0.25) is 0 Å². The third-order valence-electron chi connectivity index (χ3n) is 3.17. The molecule has 1 unspecified atom stereocenters. The number of nitrogens with zero attached hydrogens (tertiary/aromatic N) is 1. The molecule has 0 saturated carbocycles. The Kier molecular flexibility index (Phi) is 4.58. The van der Waals surface area contributed by atoms with E-state index in [4.69, 9.17) is 9.47 Å². The first-order chi connectivity index (χ1) is 9.25. The van der Waals surface area contributed by atoms with Crippen LogP contribution in [0, 0.1) is 0 Å². The summed E-state index contributed by atoms with van der Waals surface area (Å²) in [5.41, 5.74) is 0. The zero-order valence-corrected chi connectivity index (χ0v) is 13.2. The highest BCUT2D eigenvalue weighted by Crippen LogP contribution is 2.35. The van der Waals surface area contributed by atoms with E-state index in [1.807, 2.05) is 24.9 Å². The van der Waals surface area contributed by atoms with Gasteiger partial charge >= 0.3 is 0 Å². The zero-order chi connectivity index (χ0) is 14.8. The number of likely N-dealkylation sites (N-methyl/N-ethyl adjacent to an activating group) is 1. The molecule has 1 aliphatic rings. The molecule has 0 aromatic carbocycles. The van der Waals surface area contributed by atoms with Crippen LogP contribution in [0.1, 0.15) is 6.42 Å². The highest BCUT2D eigenvalue weighted by atomic mass is 32.2. The van der Waals surface area contributed by atoms with Gasteiger partial charge in [-0.1, -0.05) is 0 Å². The summed E-state index contributed by atoms with van der Waals surface area (Å²) in [5.74, 6) is 1.24. The summed E-state index contributed by atoms with van der Waals surface area (Å²) in [7, 11) is -0.147. The van der Waals surface area contributed by atoms with Crippen LogP contribution in [0.3, 0.4) is 0 Å². The fourth-order valence-corrected chi connectivity index (χ4v) is 3.42. The Morgan fingerprint density at radius 3 is 2.80 bits per heavy atom. The van der Waals surface area contributed by atoms with Crippen molar-refractivity contribution in [3.63, 3.8) is 0 Å². The standard InChI is InChI=1S/C12H19NO5S2/c1-13(2,4-3-5-20(14,15)16)6-10-7-17-11-8-19-9-12(11)18-10/h8-10H,3-7H2,1-2H3. The maximum absolute atomic E-state index is 10.6. The first-order valence-corrected chi connectivity index (χ1v) is 8.88. The van der Waals surface area contributed by atoms with Crippen LogP contribution in [-0.4, -0.2) is 63.1 Å². The van der Waals surface area contributed by atoms with Gasteiger partial charge in [-0.05, 0) is 0 Å².